The summed E-state index contributed by atoms with van der Waals surface area (Å²) >= 11 is 0. The predicted molar refractivity (Wildman–Crippen MR) is 115 cm³/mol. The first-order valence-corrected chi connectivity index (χ1v) is 10.8. The summed E-state index contributed by atoms with van der Waals surface area (Å²) in [5, 5.41) is 0. The van der Waals surface area contributed by atoms with Crippen LogP contribution in [0, 0.1) is 5.92 Å². The van der Waals surface area contributed by atoms with E-state index in [2.05, 4.69) is 0 Å². The number of halogens is 3. The second-order valence-electron chi connectivity index (χ2n) is 9.04. The van der Waals surface area contributed by atoms with Gasteiger partial charge in [-0.15, -0.1) is 0 Å². The van der Waals surface area contributed by atoms with Crippen molar-refractivity contribution in [3.05, 3.63) is 42.0 Å². The van der Waals surface area contributed by atoms with Gasteiger partial charge < -0.3 is 19.3 Å². The number of likely N-dealkylation sites (N-methyl/N-ethyl adjacent to an activating group) is 1. The molecule has 0 atom stereocenters. The number of methoxy groups -OCH3 is 1. The van der Waals surface area contributed by atoms with Crippen molar-refractivity contribution in [3.63, 3.8) is 0 Å². The third-order valence-corrected chi connectivity index (χ3v) is 6.84. The maximum atomic E-state index is 13.7. The molecule has 2 aromatic carbocycles. The smallest absolute Gasteiger partial charge is 0.416 e. The zero-order valence-corrected chi connectivity index (χ0v) is 18.0. The number of hydrogen-bond acceptors (Lipinski definition) is 5. The number of fused-ring (bicyclic) bond motifs is 1. The molecule has 5 nitrogen and oxygen atoms in total. The summed E-state index contributed by atoms with van der Waals surface area (Å²) in [5.74, 6) is -0.125. The first-order valence-electron chi connectivity index (χ1n) is 10.8. The molecule has 0 unspecified atom stereocenters. The second-order valence-corrected chi connectivity index (χ2v) is 9.04. The molecule has 2 aromatic rings. The van der Waals surface area contributed by atoms with Gasteiger partial charge in [0.25, 0.3) is 0 Å². The maximum Gasteiger partial charge on any atom is 0.416 e. The molecule has 2 aliphatic heterocycles. The molecule has 1 spiro atoms. The lowest BCUT2D eigenvalue weighted by atomic mass is 9.78. The van der Waals surface area contributed by atoms with Crippen molar-refractivity contribution in [2.45, 2.75) is 31.0 Å². The molecule has 8 heteroatoms. The minimum atomic E-state index is -4.47. The van der Waals surface area contributed by atoms with E-state index in [1.165, 1.54) is 13.2 Å². The number of hydrogen-bond donors (Lipinski definition) is 0. The minimum absolute atomic E-state index is 0.178. The van der Waals surface area contributed by atoms with Crippen LogP contribution in [0.15, 0.2) is 36.4 Å². The van der Waals surface area contributed by atoms with Gasteiger partial charge in [0.1, 0.15) is 11.4 Å². The van der Waals surface area contributed by atoms with Crippen molar-refractivity contribution in [2.24, 2.45) is 5.92 Å². The highest BCUT2D eigenvalue weighted by atomic mass is 19.4. The van der Waals surface area contributed by atoms with E-state index in [-0.39, 0.29) is 17.5 Å². The molecule has 32 heavy (non-hydrogen) atoms. The lowest BCUT2D eigenvalue weighted by molar-refractivity contribution is -0.146. The molecular weight excluding hydrogens is 421 g/mol. The number of esters is 1. The van der Waals surface area contributed by atoms with Crippen molar-refractivity contribution in [1.82, 2.24) is 0 Å². The number of anilines is 2. The Balaban J connectivity index is 1.54. The van der Waals surface area contributed by atoms with Crippen LogP contribution >= 0.6 is 0 Å². The monoisotopic (exact) mass is 446 g/mol. The molecule has 0 amide bonds. The van der Waals surface area contributed by atoms with Gasteiger partial charge in [0, 0.05) is 31.4 Å². The molecule has 0 bridgehead atoms. The fourth-order valence-electron chi connectivity index (χ4n) is 4.95. The second kappa shape index (κ2) is 7.32. The van der Waals surface area contributed by atoms with Crippen molar-refractivity contribution < 1.29 is 27.4 Å². The van der Waals surface area contributed by atoms with E-state index in [1.807, 2.05) is 41.1 Å². The average Bonchev–Trinajstić information content (AvgIpc) is 2.70. The quantitative estimate of drug-likeness (QED) is 0.638. The Kier molecular flexibility index (Phi) is 4.80. The van der Waals surface area contributed by atoms with Gasteiger partial charge in [-0.2, -0.15) is 13.2 Å². The number of ether oxygens (including phenoxy) is 2. The zero-order chi connectivity index (χ0) is 22.7. The normalized spacial score (nSPS) is 19.7. The van der Waals surface area contributed by atoms with Gasteiger partial charge in [0.2, 0.25) is 0 Å². The van der Waals surface area contributed by atoms with Gasteiger partial charge in [-0.1, -0.05) is 12.1 Å². The topological polar surface area (TPSA) is 42.0 Å². The third-order valence-electron chi connectivity index (χ3n) is 6.84. The fraction of sp³-hybridized carbons (Fsp3) is 0.458. The van der Waals surface area contributed by atoms with E-state index in [1.54, 1.807) is 0 Å². The Labute approximate surface area is 184 Å². The van der Waals surface area contributed by atoms with Crippen LogP contribution in [0.25, 0.3) is 11.1 Å². The van der Waals surface area contributed by atoms with Crippen molar-refractivity contribution in [3.8, 4) is 16.9 Å². The van der Waals surface area contributed by atoms with E-state index in [9.17, 15) is 18.0 Å². The van der Waals surface area contributed by atoms with Crippen LogP contribution in [0.2, 0.25) is 0 Å². The van der Waals surface area contributed by atoms with Crippen LogP contribution in [-0.4, -0.2) is 45.4 Å². The minimum Gasteiger partial charge on any atom is -0.483 e. The first-order chi connectivity index (χ1) is 15.2. The van der Waals surface area contributed by atoms with E-state index in [4.69, 9.17) is 9.47 Å². The zero-order valence-electron chi connectivity index (χ0n) is 18.0. The van der Waals surface area contributed by atoms with Crippen LogP contribution in [0.1, 0.15) is 24.8 Å². The molecule has 0 N–H and O–H groups in total. The Hall–Kier alpha value is -2.90. The van der Waals surface area contributed by atoms with E-state index < -0.39 is 11.7 Å². The molecule has 5 rings (SSSR count). The van der Waals surface area contributed by atoms with E-state index in [0.717, 1.165) is 31.0 Å². The molecule has 1 saturated carbocycles. The van der Waals surface area contributed by atoms with Crippen LogP contribution < -0.4 is 14.5 Å². The highest BCUT2D eigenvalue weighted by Crippen LogP contribution is 2.51. The Morgan fingerprint density at radius 1 is 1.19 bits per heavy atom. The lowest BCUT2D eigenvalue weighted by Crippen LogP contribution is -2.54. The molecular formula is C24H25F3N2O3. The summed E-state index contributed by atoms with van der Waals surface area (Å²) < 4.78 is 52.2. The van der Waals surface area contributed by atoms with Gasteiger partial charge >= 0.3 is 12.1 Å². The number of rotatable bonds is 3. The molecule has 1 aliphatic carbocycles. The van der Waals surface area contributed by atoms with E-state index >= 15 is 0 Å². The predicted octanol–water partition coefficient (Wildman–Crippen LogP) is 4.73. The molecule has 1 saturated heterocycles. The van der Waals surface area contributed by atoms with Gasteiger partial charge in [0.15, 0.2) is 0 Å². The maximum absolute atomic E-state index is 13.7. The molecule has 2 fully saturated rings. The molecule has 170 valence electrons. The summed E-state index contributed by atoms with van der Waals surface area (Å²) in [6.45, 7) is 1.72. The van der Waals surface area contributed by atoms with Crippen LogP contribution in [-0.2, 0) is 15.7 Å². The van der Waals surface area contributed by atoms with Gasteiger partial charge in [0.05, 0.1) is 30.8 Å². The Morgan fingerprint density at radius 3 is 2.56 bits per heavy atom. The Bertz CT molecular complexity index is 1060. The number of nitrogens with zero attached hydrogens (tertiary/aromatic N) is 2. The van der Waals surface area contributed by atoms with Crippen molar-refractivity contribution in [1.29, 1.82) is 0 Å². The molecule has 3 aliphatic rings. The Morgan fingerprint density at radius 2 is 1.94 bits per heavy atom. The number of benzene rings is 2. The summed E-state index contributed by atoms with van der Waals surface area (Å²) in [6, 6.07) is 9.78. The summed E-state index contributed by atoms with van der Waals surface area (Å²) in [4.78, 5) is 15.7. The lowest BCUT2D eigenvalue weighted by Gasteiger charge is -2.49. The van der Waals surface area contributed by atoms with Gasteiger partial charge in [-0.25, -0.2) is 0 Å². The van der Waals surface area contributed by atoms with Crippen molar-refractivity contribution >= 4 is 17.3 Å². The third kappa shape index (κ3) is 3.45. The molecule has 0 radical (unpaired) electrons. The first kappa shape index (κ1) is 21.0. The fourth-order valence-corrected chi connectivity index (χ4v) is 4.95. The average molecular weight is 446 g/mol. The molecule has 0 aromatic heterocycles. The number of carbonyl (C=O) groups is 1. The van der Waals surface area contributed by atoms with Crippen LogP contribution in [0.4, 0.5) is 24.5 Å². The highest BCUT2D eigenvalue weighted by molar-refractivity contribution is 5.86. The summed E-state index contributed by atoms with van der Waals surface area (Å²) in [5.41, 5.74) is 1.64. The van der Waals surface area contributed by atoms with Crippen molar-refractivity contribution in [2.75, 3.05) is 43.6 Å². The SMILES string of the molecule is COC(=O)C1CN(c2cccc(-c3cc(C(F)(F)F)cc4c3N(C)CC3(CCC3)O4)c2)C1. The van der Waals surface area contributed by atoms with Gasteiger partial charge in [-0.3, -0.25) is 4.79 Å². The van der Waals surface area contributed by atoms with E-state index in [0.29, 0.717) is 42.2 Å². The van der Waals surface area contributed by atoms with Gasteiger partial charge in [-0.05, 0) is 49.1 Å². The van der Waals surface area contributed by atoms with Crippen LogP contribution in [0.5, 0.6) is 5.75 Å². The number of carbonyl (C=O) groups excluding carboxylic acids is 1. The largest absolute Gasteiger partial charge is 0.483 e. The van der Waals surface area contributed by atoms with Crippen LogP contribution in [0.3, 0.4) is 0 Å². The summed E-state index contributed by atoms with van der Waals surface area (Å²) in [7, 11) is 3.28. The highest BCUT2D eigenvalue weighted by Gasteiger charge is 2.45. The molecule has 2 heterocycles. The summed E-state index contributed by atoms with van der Waals surface area (Å²) in [6.07, 6.45) is -1.74. The number of alkyl halides is 3. The standard InChI is InChI=1S/C24H25F3N2O3/c1-28-14-23(7-4-8-23)32-20-11-17(24(25,26)27)10-19(21(20)28)15-5-3-6-18(9-15)29-12-16(13-29)22(30)31-2/h3,5-6,9-11,16H,4,7-8,12-14H2,1-2H3.